The number of carboxylic acids is 1. The van der Waals surface area contributed by atoms with E-state index in [-0.39, 0.29) is 17.0 Å². The molecule has 2 aromatic carbocycles. The van der Waals surface area contributed by atoms with Crippen LogP contribution in [0.25, 0.3) is 0 Å². The Balaban J connectivity index is 0.000000357. The third-order valence-electron chi connectivity index (χ3n) is 4.62. The van der Waals surface area contributed by atoms with Crippen LogP contribution in [0.3, 0.4) is 0 Å². The summed E-state index contributed by atoms with van der Waals surface area (Å²) >= 11 is 10.7. The number of ether oxygens (including phenoxy) is 1. The van der Waals surface area contributed by atoms with Gasteiger partial charge in [-0.05, 0) is 29.8 Å². The number of thiocarbonyl (C=S) groups is 1. The van der Waals surface area contributed by atoms with Crippen LogP contribution < -0.4 is 15.4 Å². The van der Waals surface area contributed by atoms with Crippen LogP contribution in [0.15, 0.2) is 48.5 Å². The minimum Gasteiger partial charge on any atom is -0.497 e. The number of hydrogen-bond donors (Lipinski definition) is 3. The highest BCUT2D eigenvalue weighted by Gasteiger charge is 2.22. The van der Waals surface area contributed by atoms with Crippen molar-refractivity contribution in [3.05, 3.63) is 64.7 Å². The number of piperazine rings is 1. The second-order valence-corrected chi connectivity index (χ2v) is 7.41. The monoisotopic (exact) mass is 463 g/mol. The van der Waals surface area contributed by atoms with Crippen LogP contribution in [-0.2, 0) is 11.2 Å². The fourth-order valence-electron chi connectivity index (χ4n) is 2.87. The van der Waals surface area contributed by atoms with Crippen molar-refractivity contribution < 1.29 is 19.4 Å². The number of nitrogens with zero attached hydrogens (tertiary/aromatic N) is 1. The van der Waals surface area contributed by atoms with E-state index in [4.69, 9.17) is 28.6 Å². The summed E-state index contributed by atoms with van der Waals surface area (Å²) in [5, 5.41) is 15.3. The zero-order valence-electron chi connectivity index (χ0n) is 17.2. The molecule has 1 unspecified atom stereocenters. The Morgan fingerprint density at radius 3 is 2.39 bits per heavy atom. The van der Waals surface area contributed by atoms with E-state index < -0.39 is 17.9 Å². The predicted molar refractivity (Wildman–Crippen MR) is 125 cm³/mol. The summed E-state index contributed by atoms with van der Waals surface area (Å²) in [7, 11) is 1.55. The lowest BCUT2D eigenvalue weighted by Crippen LogP contribution is -2.42. The van der Waals surface area contributed by atoms with E-state index >= 15 is 0 Å². The first kappa shape index (κ1) is 24.6. The van der Waals surface area contributed by atoms with E-state index in [2.05, 4.69) is 15.5 Å². The molecule has 1 saturated heterocycles. The molecule has 2 aromatic rings. The molecule has 1 aliphatic rings. The van der Waals surface area contributed by atoms with Crippen molar-refractivity contribution in [1.82, 2.24) is 15.5 Å². The van der Waals surface area contributed by atoms with E-state index in [1.807, 2.05) is 0 Å². The van der Waals surface area contributed by atoms with Crippen molar-refractivity contribution in [2.75, 3.05) is 33.3 Å². The van der Waals surface area contributed by atoms with Crippen LogP contribution in [0.2, 0.25) is 5.02 Å². The van der Waals surface area contributed by atoms with Crippen LogP contribution in [0.1, 0.15) is 15.9 Å². The number of carbonyl (C=O) groups is 2. The lowest BCUT2D eigenvalue weighted by molar-refractivity contribution is -0.139. The number of amides is 1. The van der Waals surface area contributed by atoms with E-state index in [0.717, 1.165) is 31.7 Å². The normalized spacial score (nSPS) is 13.9. The SMILES string of the molecule is COc1ccc(CC(NC(=O)c2ccccc2Cl)C(=O)O)cc1.S=CN1CCNCC1. The van der Waals surface area contributed by atoms with Gasteiger partial charge in [0.1, 0.15) is 11.8 Å². The Kier molecular flexibility index (Phi) is 10.2. The van der Waals surface area contributed by atoms with Gasteiger partial charge >= 0.3 is 5.97 Å². The average Bonchev–Trinajstić information content (AvgIpc) is 2.80. The number of halogens is 1. The molecule has 3 N–H and O–H groups in total. The summed E-state index contributed by atoms with van der Waals surface area (Å²) in [4.78, 5) is 25.7. The van der Waals surface area contributed by atoms with E-state index in [1.165, 1.54) is 0 Å². The Bertz CT molecular complexity index is 873. The Hall–Kier alpha value is -2.68. The van der Waals surface area contributed by atoms with E-state index in [9.17, 15) is 14.7 Å². The van der Waals surface area contributed by atoms with Crippen LogP contribution in [-0.4, -0.2) is 66.7 Å². The minimum absolute atomic E-state index is 0.162. The van der Waals surface area contributed by atoms with Gasteiger partial charge in [-0.3, -0.25) is 4.79 Å². The fraction of sp³-hybridized carbons (Fsp3) is 0.318. The zero-order chi connectivity index (χ0) is 22.6. The Labute approximate surface area is 192 Å². The van der Waals surface area contributed by atoms with E-state index in [0.29, 0.717) is 5.75 Å². The molecule has 0 radical (unpaired) electrons. The zero-order valence-corrected chi connectivity index (χ0v) is 18.8. The number of nitrogens with one attached hydrogen (secondary N) is 2. The summed E-state index contributed by atoms with van der Waals surface area (Å²) in [5.74, 6) is -0.946. The number of aliphatic carboxylic acids is 1. The molecule has 1 amide bonds. The van der Waals surface area contributed by atoms with Gasteiger partial charge in [-0.25, -0.2) is 4.79 Å². The summed E-state index contributed by atoms with van der Waals surface area (Å²) in [6.45, 7) is 4.30. The lowest BCUT2D eigenvalue weighted by atomic mass is 10.1. The number of carbonyl (C=O) groups excluding carboxylic acids is 1. The lowest BCUT2D eigenvalue weighted by Gasteiger charge is -2.24. The second-order valence-electron chi connectivity index (χ2n) is 6.79. The second kappa shape index (κ2) is 12.9. The fourth-order valence-corrected chi connectivity index (χ4v) is 3.30. The molecule has 0 aromatic heterocycles. The summed E-state index contributed by atoms with van der Waals surface area (Å²) in [6, 6.07) is 12.4. The van der Waals surface area contributed by atoms with Gasteiger partial charge in [0.2, 0.25) is 0 Å². The molecular formula is C22H26ClN3O4S. The minimum atomic E-state index is -1.11. The van der Waals surface area contributed by atoms with Gasteiger partial charge in [0.05, 0.1) is 23.2 Å². The third-order valence-corrected chi connectivity index (χ3v) is 5.25. The van der Waals surface area contributed by atoms with Crippen molar-refractivity contribution in [3.8, 4) is 5.75 Å². The summed E-state index contributed by atoms with van der Waals surface area (Å²) in [6.07, 6.45) is 0.162. The van der Waals surface area contributed by atoms with Gasteiger partial charge in [-0.15, -0.1) is 0 Å². The third kappa shape index (κ3) is 8.16. The highest BCUT2D eigenvalue weighted by Crippen LogP contribution is 2.16. The molecule has 7 nitrogen and oxygen atoms in total. The first-order valence-corrected chi connectivity index (χ1v) is 10.6. The average molecular weight is 464 g/mol. The van der Waals surface area contributed by atoms with Crippen molar-refractivity contribution >= 4 is 41.2 Å². The standard InChI is InChI=1S/C17H16ClNO4.C5H10N2S/c1-23-12-8-6-11(7-9-12)10-15(17(21)22)19-16(20)13-4-2-3-5-14(13)18;8-5-7-3-1-6-2-4-7/h2-9,15H,10H2,1H3,(H,19,20)(H,21,22);5-6H,1-4H2. The number of carboxylic acid groups (broad SMARTS) is 1. The molecule has 0 saturated carbocycles. The number of benzene rings is 2. The molecule has 1 aliphatic heterocycles. The van der Waals surface area contributed by atoms with Crippen molar-refractivity contribution in [2.24, 2.45) is 0 Å². The van der Waals surface area contributed by atoms with E-state index in [1.54, 1.807) is 61.1 Å². The Morgan fingerprint density at radius 1 is 1.23 bits per heavy atom. The maximum absolute atomic E-state index is 12.2. The first-order valence-electron chi connectivity index (χ1n) is 9.75. The molecule has 0 spiro atoms. The van der Waals surface area contributed by atoms with Gasteiger partial charge < -0.3 is 25.4 Å². The molecule has 1 fully saturated rings. The largest absolute Gasteiger partial charge is 0.497 e. The molecule has 166 valence electrons. The first-order chi connectivity index (χ1) is 14.9. The molecule has 0 aliphatic carbocycles. The molecule has 3 rings (SSSR count). The topological polar surface area (TPSA) is 90.9 Å². The number of hydrogen-bond acceptors (Lipinski definition) is 5. The quantitative estimate of drug-likeness (QED) is 0.544. The van der Waals surface area contributed by atoms with Crippen molar-refractivity contribution in [3.63, 3.8) is 0 Å². The summed E-state index contributed by atoms with van der Waals surface area (Å²) < 4.78 is 5.06. The van der Waals surface area contributed by atoms with Crippen molar-refractivity contribution in [2.45, 2.75) is 12.5 Å². The predicted octanol–water partition coefficient (Wildman–Crippen LogP) is 2.62. The van der Waals surface area contributed by atoms with Gasteiger partial charge in [-0.2, -0.15) is 0 Å². The van der Waals surface area contributed by atoms with Crippen LogP contribution in [0, 0.1) is 0 Å². The summed E-state index contributed by atoms with van der Waals surface area (Å²) in [5.41, 5.74) is 2.76. The van der Waals surface area contributed by atoms with Gasteiger partial charge in [0.25, 0.3) is 5.91 Å². The maximum Gasteiger partial charge on any atom is 0.326 e. The molecule has 0 bridgehead atoms. The molecule has 31 heavy (non-hydrogen) atoms. The van der Waals surface area contributed by atoms with Crippen LogP contribution in [0.5, 0.6) is 5.75 Å². The van der Waals surface area contributed by atoms with Crippen LogP contribution in [0.4, 0.5) is 0 Å². The molecule has 1 atom stereocenters. The molecular weight excluding hydrogens is 438 g/mol. The molecule has 9 heteroatoms. The highest BCUT2D eigenvalue weighted by molar-refractivity contribution is 7.78. The highest BCUT2D eigenvalue weighted by atomic mass is 35.5. The van der Waals surface area contributed by atoms with Gasteiger partial charge in [0, 0.05) is 32.6 Å². The van der Waals surface area contributed by atoms with Crippen molar-refractivity contribution in [1.29, 1.82) is 0 Å². The smallest absolute Gasteiger partial charge is 0.326 e. The number of rotatable bonds is 7. The van der Waals surface area contributed by atoms with Crippen LogP contribution >= 0.6 is 23.8 Å². The van der Waals surface area contributed by atoms with Gasteiger partial charge in [0.15, 0.2) is 0 Å². The molecule has 1 heterocycles. The Morgan fingerprint density at radius 2 is 1.87 bits per heavy atom. The number of methoxy groups -OCH3 is 1. The maximum atomic E-state index is 12.2. The van der Waals surface area contributed by atoms with Gasteiger partial charge in [-0.1, -0.05) is 48.1 Å².